The molecule has 5 N–H and O–H groups in total. The van der Waals surface area contributed by atoms with Gasteiger partial charge >= 0.3 is 11.9 Å². The molecule has 1 saturated heterocycles. The Morgan fingerprint density at radius 1 is 1.09 bits per heavy atom. The van der Waals surface area contributed by atoms with Crippen LogP contribution in [0.25, 0.3) is 0 Å². The van der Waals surface area contributed by atoms with E-state index in [1.54, 1.807) is 18.2 Å². The second-order valence-corrected chi connectivity index (χ2v) is 7.95. The van der Waals surface area contributed by atoms with Crippen molar-refractivity contribution in [3.8, 4) is 0 Å². The predicted molar refractivity (Wildman–Crippen MR) is 108 cm³/mol. The monoisotopic (exact) mass is 462 g/mol. The molecule has 2 unspecified atom stereocenters. The summed E-state index contributed by atoms with van der Waals surface area (Å²) in [5.74, 6) is -7.79. The zero-order chi connectivity index (χ0) is 23.6. The van der Waals surface area contributed by atoms with E-state index in [0.717, 1.165) is 23.6 Å². The summed E-state index contributed by atoms with van der Waals surface area (Å²) in [5, 5.41) is 20.6. The Morgan fingerprint density at radius 2 is 1.75 bits per heavy atom. The number of nitrogens with zero attached hydrogens (tertiary/aromatic N) is 1. The molecule has 2 aliphatic rings. The molecule has 2 heterocycles. The summed E-state index contributed by atoms with van der Waals surface area (Å²) in [6.07, 6.45) is 0. The normalized spacial score (nSPS) is 20.4. The van der Waals surface area contributed by atoms with Crippen molar-refractivity contribution in [2.24, 2.45) is 0 Å². The number of rotatable bonds is 6. The minimum absolute atomic E-state index is 0.116. The molecule has 0 aromatic heterocycles. The second-order valence-electron chi connectivity index (χ2n) is 6.85. The first-order valence-electron chi connectivity index (χ1n) is 9.19. The van der Waals surface area contributed by atoms with Crippen molar-refractivity contribution in [3.63, 3.8) is 0 Å². The summed E-state index contributed by atoms with van der Waals surface area (Å²) in [4.78, 5) is 72.8. The minimum atomic E-state index is -1.56. The van der Waals surface area contributed by atoms with Gasteiger partial charge in [-0.05, 0) is 5.56 Å². The van der Waals surface area contributed by atoms with E-state index in [-0.39, 0.29) is 16.9 Å². The first-order valence-corrected chi connectivity index (χ1v) is 10.2. The van der Waals surface area contributed by atoms with Gasteiger partial charge in [0.1, 0.15) is 17.1 Å². The quantitative estimate of drug-likeness (QED) is 0.196. The maximum atomic E-state index is 12.7. The highest BCUT2D eigenvalue weighted by Crippen LogP contribution is 2.40. The zero-order valence-corrected chi connectivity index (χ0v) is 17.3. The molecule has 3 rings (SSSR count). The standard InChI is InChI=1S/C19H18N4O8S/c1-8(24)21-22-14(25)10-7-32-17-12(16(27)23(17)13(10)19(30)31)20-15(26)11(18(28)29)9-5-3-2-4-6-9/h2-6,11-12,17H,7H2,1H3,(H,20,26)(H,21,24)(H,22,25)(H,28,29)(H,30,31)/t11?,12?,17-/m0/s1. The van der Waals surface area contributed by atoms with Crippen LogP contribution in [0.3, 0.4) is 0 Å². The van der Waals surface area contributed by atoms with Crippen molar-refractivity contribution in [2.45, 2.75) is 24.3 Å². The maximum absolute atomic E-state index is 12.7. The molecule has 1 aromatic carbocycles. The Morgan fingerprint density at radius 3 is 2.31 bits per heavy atom. The lowest BCUT2D eigenvalue weighted by atomic mass is 9.96. The number of benzene rings is 1. The number of aliphatic carboxylic acids is 2. The average Bonchev–Trinajstić information content (AvgIpc) is 2.75. The van der Waals surface area contributed by atoms with Gasteiger partial charge in [-0.2, -0.15) is 0 Å². The van der Waals surface area contributed by atoms with Gasteiger partial charge in [0.15, 0.2) is 5.92 Å². The van der Waals surface area contributed by atoms with E-state index in [1.807, 2.05) is 5.43 Å². The third-order valence-electron chi connectivity index (χ3n) is 4.74. The van der Waals surface area contributed by atoms with Crippen molar-refractivity contribution in [3.05, 3.63) is 47.2 Å². The van der Waals surface area contributed by atoms with Crippen molar-refractivity contribution in [1.82, 2.24) is 21.1 Å². The van der Waals surface area contributed by atoms with E-state index in [2.05, 4.69) is 10.7 Å². The van der Waals surface area contributed by atoms with Crippen LogP contribution in [0, 0.1) is 0 Å². The van der Waals surface area contributed by atoms with Crippen LogP contribution in [0.4, 0.5) is 0 Å². The lowest BCUT2D eigenvalue weighted by molar-refractivity contribution is -0.152. The number of carbonyl (C=O) groups excluding carboxylic acids is 4. The number of carboxylic acids is 2. The highest BCUT2D eigenvalue weighted by Gasteiger charge is 2.55. The third-order valence-corrected chi connectivity index (χ3v) is 6.02. The van der Waals surface area contributed by atoms with Crippen LogP contribution in [0.5, 0.6) is 0 Å². The maximum Gasteiger partial charge on any atom is 0.353 e. The van der Waals surface area contributed by atoms with Crippen molar-refractivity contribution < 1.29 is 39.0 Å². The van der Waals surface area contributed by atoms with Crippen LogP contribution in [0.1, 0.15) is 18.4 Å². The van der Waals surface area contributed by atoms with Gasteiger partial charge in [-0.3, -0.25) is 39.7 Å². The van der Waals surface area contributed by atoms with Gasteiger partial charge in [0, 0.05) is 12.7 Å². The van der Waals surface area contributed by atoms with Crippen LogP contribution in [0.2, 0.25) is 0 Å². The van der Waals surface area contributed by atoms with E-state index in [0.29, 0.717) is 0 Å². The molecule has 1 aromatic rings. The zero-order valence-electron chi connectivity index (χ0n) is 16.5. The number of carbonyl (C=O) groups is 6. The molecular weight excluding hydrogens is 444 g/mol. The molecule has 168 valence electrons. The van der Waals surface area contributed by atoms with E-state index in [4.69, 9.17) is 0 Å². The number of nitrogens with one attached hydrogen (secondary N) is 3. The number of hydrogen-bond donors (Lipinski definition) is 5. The van der Waals surface area contributed by atoms with Crippen LogP contribution >= 0.6 is 11.8 Å². The molecular formula is C19H18N4O8S. The Kier molecular flexibility index (Phi) is 6.48. The third kappa shape index (κ3) is 4.27. The summed E-state index contributed by atoms with van der Waals surface area (Å²) >= 11 is 1.02. The number of fused-ring (bicyclic) bond motifs is 1. The molecule has 32 heavy (non-hydrogen) atoms. The molecule has 0 radical (unpaired) electrons. The highest BCUT2D eigenvalue weighted by atomic mass is 32.2. The number of thioether (sulfide) groups is 1. The summed E-state index contributed by atoms with van der Waals surface area (Å²) in [7, 11) is 0. The van der Waals surface area contributed by atoms with Crippen LogP contribution in [-0.4, -0.2) is 67.8 Å². The first-order chi connectivity index (χ1) is 15.1. The molecule has 13 heteroatoms. The molecule has 0 bridgehead atoms. The van der Waals surface area contributed by atoms with Gasteiger partial charge in [0.05, 0.1) is 5.57 Å². The number of hydrazine groups is 1. The molecule has 4 amide bonds. The Bertz CT molecular complexity index is 1040. The largest absolute Gasteiger partial charge is 0.480 e. The molecule has 0 spiro atoms. The molecule has 1 fully saturated rings. The molecule has 0 aliphatic carbocycles. The number of amides is 4. The highest BCUT2D eigenvalue weighted by molar-refractivity contribution is 8.00. The van der Waals surface area contributed by atoms with E-state index >= 15 is 0 Å². The fraction of sp³-hybridized carbons (Fsp3) is 0.263. The van der Waals surface area contributed by atoms with E-state index in [9.17, 15) is 39.0 Å². The summed E-state index contributed by atoms with van der Waals surface area (Å²) in [6, 6.07) is 6.58. The summed E-state index contributed by atoms with van der Waals surface area (Å²) in [6.45, 7) is 1.14. The van der Waals surface area contributed by atoms with Gasteiger partial charge in [0.2, 0.25) is 11.8 Å². The fourth-order valence-electron chi connectivity index (χ4n) is 3.30. The van der Waals surface area contributed by atoms with Crippen LogP contribution in [0.15, 0.2) is 41.6 Å². The number of carboxylic acid groups (broad SMARTS) is 2. The lowest BCUT2D eigenvalue weighted by Crippen LogP contribution is -2.71. The number of β-lactam (4-membered cyclic amide) rings is 1. The average molecular weight is 462 g/mol. The van der Waals surface area contributed by atoms with Crippen LogP contribution in [-0.2, 0) is 28.8 Å². The summed E-state index contributed by atoms with van der Waals surface area (Å²) in [5.41, 5.74) is 3.51. The van der Waals surface area contributed by atoms with Gasteiger partial charge in [-0.25, -0.2) is 4.79 Å². The first kappa shape index (κ1) is 22.8. The fourth-order valence-corrected chi connectivity index (χ4v) is 4.64. The van der Waals surface area contributed by atoms with E-state index < -0.39 is 58.6 Å². The minimum Gasteiger partial charge on any atom is -0.480 e. The topological polar surface area (TPSA) is 182 Å². The molecule has 3 atom stereocenters. The SMILES string of the molecule is CC(=O)NNC(=O)C1=C(C(=O)O)N2C(=O)C(NC(=O)C(C(=O)O)c3ccccc3)[C@@H]2SC1. The van der Waals surface area contributed by atoms with Gasteiger partial charge in [-0.1, -0.05) is 30.3 Å². The predicted octanol–water partition coefficient (Wildman–Crippen LogP) is -1.24. The molecule has 0 saturated carbocycles. The van der Waals surface area contributed by atoms with Crippen molar-refractivity contribution in [2.75, 3.05) is 5.75 Å². The van der Waals surface area contributed by atoms with Crippen molar-refractivity contribution >= 4 is 47.3 Å². The number of hydrogen-bond acceptors (Lipinski definition) is 7. The smallest absolute Gasteiger partial charge is 0.353 e. The van der Waals surface area contributed by atoms with Gasteiger partial charge in [0.25, 0.3) is 11.8 Å². The summed E-state index contributed by atoms with van der Waals surface area (Å²) < 4.78 is 0. The van der Waals surface area contributed by atoms with Gasteiger partial charge < -0.3 is 15.5 Å². The van der Waals surface area contributed by atoms with Crippen LogP contribution < -0.4 is 16.2 Å². The van der Waals surface area contributed by atoms with Crippen molar-refractivity contribution in [1.29, 1.82) is 0 Å². The lowest BCUT2D eigenvalue weighted by Gasteiger charge is -2.49. The van der Waals surface area contributed by atoms with E-state index in [1.165, 1.54) is 12.1 Å². The Hall–Kier alpha value is -3.87. The Balaban J connectivity index is 1.79. The Labute approximate surface area is 185 Å². The second kappa shape index (κ2) is 9.09. The molecule has 2 aliphatic heterocycles. The van der Waals surface area contributed by atoms with Gasteiger partial charge in [-0.15, -0.1) is 11.8 Å². The molecule has 12 nitrogen and oxygen atoms in total.